The predicted octanol–water partition coefficient (Wildman–Crippen LogP) is 0.275. The minimum absolute atomic E-state index is 0.115. The minimum Gasteiger partial charge on any atom is -0.465 e. The molecule has 0 unspecified atom stereocenters. The second kappa shape index (κ2) is 6.89. The van der Waals surface area contributed by atoms with Gasteiger partial charge in [-0.2, -0.15) is 0 Å². The summed E-state index contributed by atoms with van der Waals surface area (Å²) in [7, 11) is 0. The van der Waals surface area contributed by atoms with E-state index in [1.54, 1.807) is 6.92 Å². The van der Waals surface area contributed by atoms with Gasteiger partial charge >= 0.3 is 5.97 Å². The van der Waals surface area contributed by atoms with Gasteiger partial charge in [0.2, 0.25) is 0 Å². The molecule has 3 nitrogen and oxygen atoms in total. The first-order chi connectivity index (χ1) is 4.81. The monoisotopic (exact) mass is 164 g/mol. The van der Waals surface area contributed by atoms with Gasteiger partial charge in [-0.3, -0.25) is 4.79 Å². The molecule has 0 heterocycles. The first-order valence-electron chi connectivity index (χ1n) is 3.15. The van der Waals surface area contributed by atoms with E-state index in [1.165, 1.54) is 11.8 Å². The van der Waals surface area contributed by atoms with E-state index >= 15 is 0 Å². The van der Waals surface area contributed by atoms with Crippen molar-refractivity contribution in [3.05, 3.63) is 0 Å². The number of hydrogen-bond acceptors (Lipinski definition) is 4. The molecule has 0 spiro atoms. The number of aliphatic hydroxyl groups is 1. The van der Waals surface area contributed by atoms with Gasteiger partial charge in [0.25, 0.3) is 0 Å². The van der Waals surface area contributed by atoms with Gasteiger partial charge in [-0.05, 0) is 6.92 Å². The highest BCUT2D eigenvalue weighted by molar-refractivity contribution is 7.99. The van der Waals surface area contributed by atoms with E-state index in [4.69, 9.17) is 5.11 Å². The molecule has 0 aromatic carbocycles. The Labute approximate surface area is 64.8 Å². The first kappa shape index (κ1) is 9.78. The highest BCUT2D eigenvalue weighted by atomic mass is 32.2. The number of carbonyl (C=O) groups is 1. The fourth-order valence-corrected chi connectivity index (χ4v) is 0.946. The number of aliphatic hydroxyl groups excluding tert-OH is 1. The van der Waals surface area contributed by atoms with Gasteiger partial charge in [-0.1, -0.05) is 0 Å². The van der Waals surface area contributed by atoms with Gasteiger partial charge in [-0.15, -0.1) is 11.8 Å². The van der Waals surface area contributed by atoms with Gasteiger partial charge in [0.1, 0.15) is 0 Å². The summed E-state index contributed by atoms with van der Waals surface area (Å²) >= 11 is 1.38. The number of hydrogen-bond donors (Lipinski definition) is 1. The summed E-state index contributed by atoms with van der Waals surface area (Å²) in [5, 5.41) is 8.34. The van der Waals surface area contributed by atoms with Crippen molar-refractivity contribution in [2.24, 2.45) is 0 Å². The van der Waals surface area contributed by atoms with E-state index in [1.807, 2.05) is 0 Å². The lowest BCUT2D eigenvalue weighted by Gasteiger charge is -1.98. The molecule has 60 valence electrons. The van der Waals surface area contributed by atoms with Crippen molar-refractivity contribution in [3.8, 4) is 0 Å². The Hall–Kier alpha value is -0.220. The van der Waals surface area contributed by atoms with Crippen molar-refractivity contribution < 1.29 is 14.6 Å². The smallest absolute Gasteiger partial charge is 0.315 e. The largest absolute Gasteiger partial charge is 0.465 e. The molecule has 4 heteroatoms. The van der Waals surface area contributed by atoms with Gasteiger partial charge in [0.15, 0.2) is 0 Å². The number of carbonyl (C=O) groups excluding carboxylic acids is 1. The van der Waals surface area contributed by atoms with Crippen molar-refractivity contribution in [1.82, 2.24) is 0 Å². The van der Waals surface area contributed by atoms with Crippen LogP contribution in [-0.4, -0.2) is 35.8 Å². The Bertz CT molecular complexity index is 95.0. The molecule has 0 amide bonds. The molecule has 1 N–H and O–H groups in total. The molecule has 0 saturated heterocycles. The third kappa shape index (κ3) is 5.91. The third-order valence-corrected chi connectivity index (χ3v) is 1.67. The Morgan fingerprint density at radius 2 is 2.40 bits per heavy atom. The van der Waals surface area contributed by atoms with Crippen LogP contribution >= 0.6 is 11.8 Å². The second-order valence-electron chi connectivity index (χ2n) is 1.58. The van der Waals surface area contributed by atoms with Crippen molar-refractivity contribution in [1.29, 1.82) is 0 Å². The molecule has 0 fully saturated rings. The van der Waals surface area contributed by atoms with Gasteiger partial charge in [0.05, 0.1) is 19.0 Å². The normalized spacial score (nSPS) is 9.40. The maximum atomic E-state index is 10.6. The summed E-state index contributed by atoms with van der Waals surface area (Å²) in [6.45, 7) is 2.32. The number of rotatable bonds is 5. The van der Waals surface area contributed by atoms with Crippen LogP contribution in [0.3, 0.4) is 0 Å². The zero-order valence-electron chi connectivity index (χ0n) is 6.00. The molecule has 0 aliphatic carbocycles. The maximum absolute atomic E-state index is 10.6. The molecular weight excluding hydrogens is 152 g/mol. The number of esters is 1. The average Bonchev–Trinajstić information content (AvgIpc) is 1.89. The molecule has 0 radical (unpaired) electrons. The van der Waals surface area contributed by atoms with E-state index in [-0.39, 0.29) is 12.6 Å². The van der Waals surface area contributed by atoms with E-state index < -0.39 is 0 Å². The highest BCUT2D eigenvalue weighted by Crippen LogP contribution is 1.98. The lowest BCUT2D eigenvalue weighted by Crippen LogP contribution is -2.07. The van der Waals surface area contributed by atoms with Crippen molar-refractivity contribution in [3.63, 3.8) is 0 Å². The molecule has 0 saturated carbocycles. The van der Waals surface area contributed by atoms with Crippen LogP contribution < -0.4 is 0 Å². The second-order valence-corrected chi connectivity index (χ2v) is 2.69. The van der Waals surface area contributed by atoms with Crippen LogP contribution in [0.4, 0.5) is 0 Å². The Balaban J connectivity index is 3.05. The fraction of sp³-hybridized carbons (Fsp3) is 0.833. The molecule has 0 atom stereocenters. The highest BCUT2D eigenvalue weighted by Gasteiger charge is 1.99. The predicted molar refractivity (Wildman–Crippen MR) is 41.0 cm³/mol. The Morgan fingerprint density at radius 1 is 1.70 bits per heavy atom. The molecular formula is C6H12O3S. The van der Waals surface area contributed by atoms with Crippen LogP contribution in [0.5, 0.6) is 0 Å². The minimum atomic E-state index is -0.207. The molecule has 0 aliphatic heterocycles. The van der Waals surface area contributed by atoms with Crippen LogP contribution in [0.2, 0.25) is 0 Å². The fourth-order valence-electron chi connectivity index (χ4n) is 0.423. The summed E-state index contributed by atoms with van der Waals surface area (Å²) in [4.78, 5) is 10.6. The quantitative estimate of drug-likeness (QED) is 0.468. The summed E-state index contributed by atoms with van der Waals surface area (Å²) in [5.74, 6) is 0.730. The van der Waals surface area contributed by atoms with Crippen LogP contribution in [-0.2, 0) is 9.53 Å². The van der Waals surface area contributed by atoms with Gasteiger partial charge in [-0.25, -0.2) is 0 Å². The lowest BCUT2D eigenvalue weighted by molar-refractivity contribution is -0.139. The van der Waals surface area contributed by atoms with Gasteiger partial charge < -0.3 is 9.84 Å². The summed E-state index contributed by atoms with van der Waals surface area (Å²) < 4.78 is 4.65. The molecule has 0 rings (SSSR count). The summed E-state index contributed by atoms with van der Waals surface area (Å²) in [6, 6.07) is 0. The lowest BCUT2D eigenvalue weighted by atomic mass is 10.8. The van der Waals surface area contributed by atoms with Crippen LogP contribution in [0.1, 0.15) is 6.92 Å². The zero-order valence-corrected chi connectivity index (χ0v) is 6.82. The summed E-state index contributed by atoms with van der Waals surface area (Å²) in [5.41, 5.74) is 0. The van der Waals surface area contributed by atoms with E-state index in [9.17, 15) is 4.79 Å². The summed E-state index contributed by atoms with van der Waals surface area (Å²) in [6.07, 6.45) is 0. The molecule has 0 aromatic heterocycles. The SMILES string of the molecule is CCOC(=O)CSCCO. The number of ether oxygens (including phenoxy) is 1. The third-order valence-electron chi connectivity index (χ3n) is 0.761. The molecule has 0 aromatic rings. The van der Waals surface area contributed by atoms with Crippen molar-refractivity contribution in [2.75, 3.05) is 24.7 Å². The Morgan fingerprint density at radius 3 is 2.90 bits per heavy atom. The average molecular weight is 164 g/mol. The van der Waals surface area contributed by atoms with Crippen LogP contribution in [0.15, 0.2) is 0 Å². The standard InChI is InChI=1S/C6H12O3S/c1-2-9-6(8)5-10-4-3-7/h7H,2-5H2,1H3. The van der Waals surface area contributed by atoms with Crippen molar-refractivity contribution >= 4 is 17.7 Å². The molecule has 0 bridgehead atoms. The van der Waals surface area contributed by atoms with E-state index in [0.29, 0.717) is 18.1 Å². The van der Waals surface area contributed by atoms with Gasteiger partial charge in [0, 0.05) is 5.75 Å². The van der Waals surface area contributed by atoms with E-state index in [2.05, 4.69) is 4.74 Å². The Kier molecular flexibility index (Phi) is 6.74. The van der Waals surface area contributed by atoms with E-state index in [0.717, 1.165) is 0 Å². The molecule has 10 heavy (non-hydrogen) atoms. The first-order valence-corrected chi connectivity index (χ1v) is 4.31. The maximum Gasteiger partial charge on any atom is 0.315 e. The van der Waals surface area contributed by atoms with Crippen LogP contribution in [0, 0.1) is 0 Å². The zero-order chi connectivity index (χ0) is 7.82. The topological polar surface area (TPSA) is 46.5 Å². The van der Waals surface area contributed by atoms with Crippen molar-refractivity contribution in [2.45, 2.75) is 6.92 Å². The van der Waals surface area contributed by atoms with Crippen LogP contribution in [0.25, 0.3) is 0 Å². The number of thioether (sulfide) groups is 1. The molecule has 0 aliphatic rings.